The number of rotatable bonds is 5. The van der Waals surface area contributed by atoms with Crippen LogP contribution in [0.25, 0.3) is 33.7 Å². The van der Waals surface area contributed by atoms with Crippen molar-refractivity contribution in [1.29, 1.82) is 0 Å². The largest absolute Gasteiger partial charge is 0.420 e. The van der Waals surface area contributed by atoms with E-state index in [4.69, 9.17) is 16.0 Å². The van der Waals surface area contributed by atoms with Crippen LogP contribution >= 0.6 is 11.6 Å². The van der Waals surface area contributed by atoms with Crippen molar-refractivity contribution in [2.24, 2.45) is 0 Å². The maximum atomic E-state index is 12.9. The van der Waals surface area contributed by atoms with E-state index in [9.17, 15) is 9.59 Å². The summed E-state index contributed by atoms with van der Waals surface area (Å²) in [5, 5.41) is 15.4. The number of fused-ring (bicyclic) bond motifs is 1. The van der Waals surface area contributed by atoms with Crippen molar-refractivity contribution in [3.8, 4) is 22.6 Å². The van der Waals surface area contributed by atoms with Crippen LogP contribution in [-0.2, 0) is 11.2 Å². The van der Waals surface area contributed by atoms with Crippen LogP contribution in [0.4, 0.5) is 0 Å². The molecule has 2 N–H and O–H groups in total. The van der Waals surface area contributed by atoms with Crippen LogP contribution in [0.2, 0.25) is 5.02 Å². The van der Waals surface area contributed by atoms with Crippen molar-refractivity contribution in [3.05, 3.63) is 70.3 Å². The van der Waals surface area contributed by atoms with Crippen LogP contribution in [0.1, 0.15) is 24.8 Å². The smallest absolute Gasteiger partial charge is 0.327 e. The molecule has 1 aliphatic rings. The number of carbonyl (C=O) groups excluding carboxylic acids is 1. The number of halogens is 1. The van der Waals surface area contributed by atoms with Gasteiger partial charge in [0.05, 0.1) is 11.7 Å². The van der Waals surface area contributed by atoms with Crippen LogP contribution in [-0.4, -0.2) is 58.8 Å². The SMILES string of the molecule is O=C(Cc1nnc(-c2cc(Cl)cc(-c3cn[nH]c3)c2)o1)N1CCC(n2c(=O)[nH]c3ncccc32)CC1. The first kappa shape index (κ1) is 22.2. The Morgan fingerprint density at radius 3 is 2.78 bits per heavy atom. The molecule has 6 rings (SSSR count). The molecule has 36 heavy (non-hydrogen) atoms. The third-order valence-corrected chi connectivity index (χ3v) is 6.64. The van der Waals surface area contributed by atoms with E-state index in [1.165, 1.54) is 0 Å². The van der Waals surface area contributed by atoms with E-state index in [1.807, 2.05) is 24.3 Å². The minimum absolute atomic E-state index is 0.00163. The molecule has 5 aromatic rings. The summed E-state index contributed by atoms with van der Waals surface area (Å²) in [7, 11) is 0. The Morgan fingerprint density at radius 1 is 1.14 bits per heavy atom. The second-order valence-corrected chi connectivity index (χ2v) is 9.11. The highest BCUT2D eigenvalue weighted by atomic mass is 35.5. The van der Waals surface area contributed by atoms with Gasteiger partial charge in [-0.2, -0.15) is 5.10 Å². The van der Waals surface area contributed by atoms with Crippen LogP contribution in [0.5, 0.6) is 0 Å². The molecule has 1 aliphatic heterocycles. The van der Waals surface area contributed by atoms with Gasteiger partial charge in [-0.25, -0.2) is 9.78 Å². The molecular formula is C24H21ClN8O3. The third-order valence-electron chi connectivity index (χ3n) is 6.42. The Morgan fingerprint density at radius 2 is 1.97 bits per heavy atom. The zero-order valence-corrected chi connectivity index (χ0v) is 19.8. The molecule has 0 atom stereocenters. The molecule has 0 radical (unpaired) electrons. The molecule has 182 valence electrons. The van der Waals surface area contributed by atoms with E-state index in [2.05, 4.69) is 30.4 Å². The first-order valence-corrected chi connectivity index (χ1v) is 11.9. The lowest BCUT2D eigenvalue weighted by atomic mass is 10.0. The second kappa shape index (κ2) is 9.08. The second-order valence-electron chi connectivity index (χ2n) is 8.68. The van der Waals surface area contributed by atoms with Crippen molar-refractivity contribution in [1.82, 2.24) is 39.8 Å². The fraction of sp³-hybridized carbons (Fsp3) is 0.250. The first-order chi connectivity index (χ1) is 17.5. The van der Waals surface area contributed by atoms with Crippen molar-refractivity contribution in [2.45, 2.75) is 25.3 Å². The monoisotopic (exact) mass is 504 g/mol. The van der Waals surface area contributed by atoms with E-state index < -0.39 is 0 Å². The Balaban J connectivity index is 1.12. The zero-order chi connectivity index (χ0) is 24.6. The minimum atomic E-state index is -0.177. The molecule has 11 nitrogen and oxygen atoms in total. The number of amides is 1. The van der Waals surface area contributed by atoms with Gasteiger partial charge in [-0.15, -0.1) is 10.2 Å². The number of nitrogens with zero attached hydrogens (tertiary/aromatic N) is 6. The summed E-state index contributed by atoms with van der Waals surface area (Å²) in [5.74, 6) is 0.429. The summed E-state index contributed by atoms with van der Waals surface area (Å²) in [6, 6.07) is 9.12. The Hall–Kier alpha value is -4.25. The molecule has 0 aliphatic carbocycles. The van der Waals surface area contributed by atoms with E-state index in [-0.39, 0.29) is 35.8 Å². The molecule has 1 amide bonds. The number of imidazole rings is 1. The lowest BCUT2D eigenvalue weighted by molar-refractivity contribution is -0.132. The van der Waals surface area contributed by atoms with E-state index >= 15 is 0 Å². The molecule has 0 spiro atoms. The van der Waals surface area contributed by atoms with Gasteiger partial charge in [0.2, 0.25) is 17.7 Å². The summed E-state index contributed by atoms with van der Waals surface area (Å²) >= 11 is 6.29. The maximum absolute atomic E-state index is 12.9. The van der Waals surface area contributed by atoms with Crippen molar-refractivity contribution in [3.63, 3.8) is 0 Å². The lowest BCUT2D eigenvalue weighted by Gasteiger charge is -2.32. The van der Waals surface area contributed by atoms with E-state index in [0.717, 1.165) is 16.6 Å². The van der Waals surface area contributed by atoms with Gasteiger partial charge in [0.1, 0.15) is 6.42 Å². The fourth-order valence-corrected chi connectivity index (χ4v) is 4.90. The maximum Gasteiger partial charge on any atom is 0.327 e. The Kier molecular flexibility index (Phi) is 5.61. The van der Waals surface area contributed by atoms with Gasteiger partial charge in [0, 0.05) is 47.7 Å². The quantitative estimate of drug-likeness (QED) is 0.374. The van der Waals surface area contributed by atoms with Gasteiger partial charge >= 0.3 is 5.69 Å². The normalized spacial score (nSPS) is 14.5. The molecular weight excluding hydrogens is 484 g/mol. The van der Waals surface area contributed by atoms with Crippen LogP contribution in [0.15, 0.2) is 58.1 Å². The van der Waals surface area contributed by atoms with Crippen molar-refractivity contribution >= 4 is 28.7 Å². The molecule has 1 saturated heterocycles. The summed E-state index contributed by atoms with van der Waals surface area (Å²) in [6.45, 7) is 1.07. The summed E-state index contributed by atoms with van der Waals surface area (Å²) in [6.07, 6.45) is 6.45. The van der Waals surface area contributed by atoms with E-state index in [1.54, 1.807) is 34.1 Å². The van der Waals surface area contributed by atoms with Gasteiger partial charge in [-0.3, -0.25) is 19.4 Å². The predicted octanol–water partition coefficient (Wildman–Crippen LogP) is 3.22. The Labute approximate surface area is 209 Å². The van der Waals surface area contributed by atoms with Gasteiger partial charge < -0.3 is 9.32 Å². The van der Waals surface area contributed by atoms with Crippen LogP contribution in [0.3, 0.4) is 0 Å². The number of pyridine rings is 1. The molecule has 1 aromatic carbocycles. The number of aromatic nitrogens is 7. The average molecular weight is 505 g/mol. The number of benzene rings is 1. The van der Waals surface area contributed by atoms with Crippen molar-refractivity contribution < 1.29 is 9.21 Å². The standard InChI is InChI=1S/C24H21ClN8O3/c25-17-9-14(16-12-27-28-13-16)8-15(10-17)23-31-30-20(36-23)11-21(34)32-6-3-18(4-7-32)33-19-2-1-5-26-22(19)29-24(33)35/h1-2,5,8-10,12-13,18H,3-4,6-7,11H2,(H,27,28)(H,26,29,35). The number of nitrogens with one attached hydrogen (secondary N) is 2. The highest BCUT2D eigenvalue weighted by Gasteiger charge is 2.27. The number of aromatic amines is 2. The first-order valence-electron chi connectivity index (χ1n) is 11.5. The summed E-state index contributed by atoms with van der Waals surface area (Å²) in [4.78, 5) is 34.2. The number of carbonyl (C=O) groups is 1. The third kappa shape index (κ3) is 4.17. The van der Waals surface area contributed by atoms with Crippen LogP contribution in [0, 0.1) is 0 Å². The van der Waals surface area contributed by atoms with Gasteiger partial charge in [0.25, 0.3) is 0 Å². The van der Waals surface area contributed by atoms with Crippen LogP contribution < -0.4 is 5.69 Å². The molecule has 0 unspecified atom stereocenters. The number of hydrogen-bond acceptors (Lipinski definition) is 7. The molecule has 12 heteroatoms. The Bertz CT molecular complexity index is 1600. The average Bonchev–Trinajstić information content (AvgIpc) is 3.64. The van der Waals surface area contributed by atoms with Gasteiger partial charge in [-0.05, 0) is 48.7 Å². The highest BCUT2D eigenvalue weighted by molar-refractivity contribution is 6.31. The molecule has 5 heterocycles. The molecule has 1 fully saturated rings. The number of hydrogen-bond donors (Lipinski definition) is 2. The minimum Gasteiger partial charge on any atom is -0.420 e. The van der Waals surface area contributed by atoms with Crippen molar-refractivity contribution in [2.75, 3.05) is 13.1 Å². The van der Waals surface area contributed by atoms with E-state index in [0.29, 0.717) is 42.2 Å². The summed E-state index contributed by atoms with van der Waals surface area (Å²) < 4.78 is 7.54. The predicted molar refractivity (Wildman–Crippen MR) is 131 cm³/mol. The van der Waals surface area contributed by atoms with Gasteiger partial charge in [0.15, 0.2) is 5.65 Å². The summed E-state index contributed by atoms with van der Waals surface area (Å²) in [5.41, 5.74) is 3.57. The number of likely N-dealkylation sites (tertiary alicyclic amines) is 1. The fourth-order valence-electron chi connectivity index (χ4n) is 4.67. The lowest BCUT2D eigenvalue weighted by Crippen LogP contribution is -2.41. The zero-order valence-electron chi connectivity index (χ0n) is 19.0. The molecule has 0 bridgehead atoms. The highest BCUT2D eigenvalue weighted by Crippen LogP contribution is 2.30. The van der Waals surface area contributed by atoms with Gasteiger partial charge in [-0.1, -0.05) is 11.6 Å². The topological polar surface area (TPSA) is 139 Å². The molecule has 4 aromatic heterocycles. The number of H-pyrrole nitrogens is 2. The number of piperidine rings is 1. The molecule has 0 saturated carbocycles.